The van der Waals surface area contributed by atoms with E-state index in [2.05, 4.69) is 26.1 Å². The summed E-state index contributed by atoms with van der Waals surface area (Å²) in [4.78, 5) is 18.4. The zero-order valence-corrected chi connectivity index (χ0v) is 15.1. The molecule has 0 saturated carbocycles. The third kappa shape index (κ3) is 4.36. The van der Waals surface area contributed by atoms with Gasteiger partial charge in [-0.2, -0.15) is 0 Å². The van der Waals surface area contributed by atoms with Gasteiger partial charge in [-0.25, -0.2) is 5.43 Å². The van der Waals surface area contributed by atoms with Crippen molar-refractivity contribution in [3.8, 4) is 0 Å². The van der Waals surface area contributed by atoms with Crippen LogP contribution in [0.1, 0.15) is 40.9 Å². The van der Waals surface area contributed by atoms with Crippen molar-refractivity contribution < 1.29 is 14.3 Å². The van der Waals surface area contributed by atoms with Gasteiger partial charge in [0.1, 0.15) is 17.2 Å². The second kappa shape index (κ2) is 8.18. The van der Waals surface area contributed by atoms with Crippen LogP contribution in [-0.4, -0.2) is 52.7 Å². The minimum Gasteiger partial charge on any atom is -0.463 e. The van der Waals surface area contributed by atoms with Crippen molar-refractivity contribution in [2.24, 2.45) is 0 Å². The number of amides is 1. The molecule has 27 heavy (non-hydrogen) atoms. The summed E-state index contributed by atoms with van der Waals surface area (Å²) < 4.78 is 5.95. The molecule has 4 heterocycles. The highest BCUT2D eigenvalue weighted by atomic mass is 16.3. The van der Waals surface area contributed by atoms with E-state index in [9.17, 15) is 9.90 Å². The van der Waals surface area contributed by atoms with Crippen molar-refractivity contribution in [1.29, 1.82) is 0 Å². The lowest BCUT2D eigenvalue weighted by molar-refractivity contribution is 0.0323. The number of β-amino-alcohol motifs (C(OH)–C–C–N with tert-alkyl or cyclic N) is 1. The van der Waals surface area contributed by atoms with Crippen LogP contribution in [0.5, 0.6) is 0 Å². The molecule has 1 amide bonds. The number of aromatic nitrogens is 1. The Labute approximate surface area is 157 Å². The van der Waals surface area contributed by atoms with Crippen LogP contribution < -0.4 is 16.2 Å². The maximum absolute atomic E-state index is 12.2. The summed E-state index contributed by atoms with van der Waals surface area (Å²) in [6.45, 7) is 2.86. The van der Waals surface area contributed by atoms with Gasteiger partial charge in [0.05, 0.1) is 24.7 Å². The normalized spacial score (nSPS) is 26.2. The summed E-state index contributed by atoms with van der Waals surface area (Å²) >= 11 is 0. The van der Waals surface area contributed by atoms with Gasteiger partial charge in [-0.15, -0.1) is 0 Å². The summed E-state index contributed by atoms with van der Waals surface area (Å²) in [5.74, 6) is 1.58. The van der Waals surface area contributed by atoms with E-state index in [4.69, 9.17) is 4.42 Å². The fourth-order valence-electron chi connectivity index (χ4n) is 3.63. The molecule has 8 nitrogen and oxygen atoms in total. The lowest BCUT2D eigenvalue weighted by Crippen LogP contribution is -2.53. The van der Waals surface area contributed by atoms with Gasteiger partial charge in [-0.05, 0) is 37.1 Å². The second-order valence-electron chi connectivity index (χ2n) is 7.10. The van der Waals surface area contributed by atoms with E-state index in [1.165, 1.54) is 0 Å². The van der Waals surface area contributed by atoms with Crippen molar-refractivity contribution >= 4 is 5.91 Å². The average molecular weight is 371 g/mol. The first-order valence-corrected chi connectivity index (χ1v) is 9.38. The number of furan rings is 1. The van der Waals surface area contributed by atoms with Gasteiger partial charge in [0.25, 0.3) is 5.91 Å². The molecule has 2 fully saturated rings. The molecule has 3 atom stereocenters. The molecule has 4 N–H and O–H groups in total. The van der Waals surface area contributed by atoms with Gasteiger partial charge in [-0.3, -0.25) is 20.1 Å². The molecule has 0 spiro atoms. The number of aliphatic hydroxyl groups is 1. The maximum Gasteiger partial charge on any atom is 0.270 e. The first kappa shape index (κ1) is 18.1. The number of nitrogens with one attached hydrogen (secondary N) is 3. The van der Waals surface area contributed by atoms with E-state index in [1.807, 2.05) is 12.1 Å². The van der Waals surface area contributed by atoms with Crippen molar-refractivity contribution in [2.75, 3.05) is 19.6 Å². The van der Waals surface area contributed by atoms with Crippen molar-refractivity contribution in [3.05, 3.63) is 53.7 Å². The molecule has 0 radical (unpaired) electrons. The standard InChI is InChI=1S/C19H25N5O3/c25-17-12-24(11-13-4-5-18(27-13)15-6-9-21-23-15)10-7-14(17)22-19(26)16-3-1-2-8-20-16/h1-5,8,14-15,17,21,23,25H,6-7,9-12H2,(H,22,26)/t14-,15?,17-/m1/s1. The highest BCUT2D eigenvalue weighted by Gasteiger charge is 2.30. The number of likely N-dealkylation sites (tertiary alicyclic amines) is 1. The number of aliphatic hydroxyl groups excluding tert-OH is 1. The van der Waals surface area contributed by atoms with E-state index < -0.39 is 6.10 Å². The summed E-state index contributed by atoms with van der Waals surface area (Å²) in [6.07, 6.45) is 2.65. The van der Waals surface area contributed by atoms with Gasteiger partial charge >= 0.3 is 0 Å². The number of pyridine rings is 1. The summed E-state index contributed by atoms with van der Waals surface area (Å²) in [5.41, 5.74) is 6.66. The van der Waals surface area contributed by atoms with E-state index in [0.29, 0.717) is 25.2 Å². The summed E-state index contributed by atoms with van der Waals surface area (Å²) in [7, 11) is 0. The Bertz CT molecular complexity index is 760. The van der Waals surface area contributed by atoms with Crippen LogP contribution in [0.4, 0.5) is 0 Å². The quantitative estimate of drug-likeness (QED) is 0.610. The first-order chi connectivity index (χ1) is 13.2. The van der Waals surface area contributed by atoms with Crippen LogP contribution in [0.2, 0.25) is 0 Å². The minimum absolute atomic E-state index is 0.219. The predicted octanol–water partition coefficient (Wildman–Crippen LogP) is 0.579. The van der Waals surface area contributed by atoms with E-state index in [-0.39, 0.29) is 18.0 Å². The lowest BCUT2D eigenvalue weighted by Gasteiger charge is -2.35. The molecular formula is C19H25N5O3. The third-order valence-electron chi connectivity index (χ3n) is 5.12. The van der Waals surface area contributed by atoms with Gasteiger partial charge in [0.2, 0.25) is 0 Å². The molecule has 2 aliphatic heterocycles. The summed E-state index contributed by atoms with van der Waals surface area (Å²) in [6, 6.07) is 9.17. The number of nitrogens with zero attached hydrogens (tertiary/aromatic N) is 2. The van der Waals surface area contributed by atoms with E-state index in [0.717, 1.165) is 31.0 Å². The molecule has 4 rings (SSSR count). The minimum atomic E-state index is -0.624. The molecule has 0 aliphatic carbocycles. The van der Waals surface area contributed by atoms with Crippen LogP contribution in [0.25, 0.3) is 0 Å². The fraction of sp³-hybridized carbons (Fsp3) is 0.474. The van der Waals surface area contributed by atoms with Gasteiger partial charge in [0, 0.05) is 25.8 Å². The Morgan fingerprint density at radius 3 is 3.00 bits per heavy atom. The summed E-state index contributed by atoms with van der Waals surface area (Å²) in [5, 5.41) is 13.4. The molecule has 0 aromatic carbocycles. The lowest BCUT2D eigenvalue weighted by atomic mass is 10.0. The monoisotopic (exact) mass is 371 g/mol. The van der Waals surface area contributed by atoms with Gasteiger partial charge in [-0.1, -0.05) is 6.07 Å². The Balaban J connectivity index is 1.29. The van der Waals surface area contributed by atoms with E-state index in [1.54, 1.807) is 24.4 Å². The molecule has 2 saturated heterocycles. The first-order valence-electron chi connectivity index (χ1n) is 9.38. The van der Waals surface area contributed by atoms with Crippen LogP contribution >= 0.6 is 0 Å². The Morgan fingerprint density at radius 2 is 2.26 bits per heavy atom. The molecule has 1 unspecified atom stereocenters. The van der Waals surface area contributed by atoms with Crippen LogP contribution in [0.3, 0.4) is 0 Å². The zero-order chi connectivity index (χ0) is 18.6. The highest BCUT2D eigenvalue weighted by Crippen LogP contribution is 2.23. The maximum atomic E-state index is 12.2. The molecule has 2 aliphatic rings. The number of hydrogen-bond acceptors (Lipinski definition) is 7. The number of hydrogen-bond donors (Lipinski definition) is 4. The number of carbonyl (C=O) groups excluding carboxylic acids is 1. The smallest absolute Gasteiger partial charge is 0.270 e. The SMILES string of the molecule is O=C(N[C@@H]1CCN(Cc2ccc(C3CCNN3)o2)C[C@H]1O)c1ccccn1. The largest absolute Gasteiger partial charge is 0.463 e. The van der Waals surface area contributed by atoms with Crippen molar-refractivity contribution in [3.63, 3.8) is 0 Å². The fourth-order valence-corrected chi connectivity index (χ4v) is 3.63. The number of rotatable bonds is 5. The number of piperidine rings is 1. The predicted molar refractivity (Wildman–Crippen MR) is 98.6 cm³/mol. The van der Waals surface area contributed by atoms with Crippen molar-refractivity contribution in [1.82, 2.24) is 26.1 Å². The highest BCUT2D eigenvalue weighted by molar-refractivity contribution is 5.92. The molecule has 0 bridgehead atoms. The van der Waals surface area contributed by atoms with Gasteiger partial charge < -0.3 is 14.8 Å². The van der Waals surface area contributed by atoms with E-state index >= 15 is 0 Å². The van der Waals surface area contributed by atoms with Crippen LogP contribution in [0.15, 0.2) is 40.9 Å². The van der Waals surface area contributed by atoms with Crippen LogP contribution in [0, 0.1) is 0 Å². The van der Waals surface area contributed by atoms with Crippen LogP contribution in [-0.2, 0) is 6.54 Å². The molecule has 144 valence electrons. The van der Waals surface area contributed by atoms with Gasteiger partial charge in [0.15, 0.2) is 0 Å². The zero-order valence-electron chi connectivity index (χ0n) is 15.1. The Hall–Kier alpha value is -2.26. The number of carbonyl (C=O) groups is 1. The Kier molecular flexibility index (Phi) is 5.49. The topological polar surface area (TPSA) is 103 Å². The molecule has 2 aromatic heterocycles. The molecule has 8 heteroatoms. The molecular weight excluding hydrogens is 346 g/mol. The average Bonchev–Trinajstić information content (AvgIpc) is 3.36. The molecule has 2 aromatic rings. The Morgan fingerprint density at radius 1 is 1.33 bits per heavy atom. The second-order valence-corrected chi connectivity index (χ2v) is 7.10. The third-order valence-corrected chi connectivity index (χ3v) is 5.12. The number of hydrazine groups is 1. The van der Waals surface area contributed by atoms with Crippen molar-refractivity contribution in [2.45, 2.75) is 37.6 Å².